The van der Waals surface area contributed by atoms with Crippen LogP contribution >= 0.6 is 0 Å². The Balaban J connectivity index is 2.97. The van der Waals surface area contributed by atoms with E-state index in [-0.39, 0.29) is 13.2 Å². The lowest BCUT2D eigenvalue weighted by atomic mass is 10.7. The van der Waals surface area contributed by atoms with Crippen LogP contribution in [0.25, 0.3) is 0 Å². The first-order valence-corrected chi connectivity index (χ1v) is 5.80. The van der Waals surface area contributed by atoms with Crippen LogP contribution in [0.1, 0.15) is 0 Å². The first kappa shape index (κ1) is 17.3. The first-order valence-electron chi connectivity index (χ1n) is 5.80. The number of rotatable bonds is 13. The van der Waals surface area contributed by atoms with Crippen molar-refractivity contribution in [3.8, 4) is 0 Å². The third kappa shape index (κ3) is 13.3. The molecule has 0 radical (unpaired) electrons. The molecular formula is C11H22O7. The maximum absolute atomic E-state index is 10.7. The molecule has 0 aromatic rings. The molecule has 0 aliphatic carbocycles. The number of esters is 1. The van der Waals surface area contributed by atoms with Gasteiger partial charge in [-0.2, -0.15) is 0 Å². The summed E-state index contributed by atoms with van der Waals surface area (Å²) in [5.41, 5.74) is 0. The lowest BCUT2D eigenvalue weighted by Crippen LogP contribution is -2.15. The van der Waals surface area contributed by atoms with Crippen LogP contribution in [0.3, 0.4) is 0 Å². The number of hydrogen-bond donors (Lipinski definition) is 1. The molecule has 0 saturated heterocycles. The maximum atomic E-state index is 10.7. The van der Waals surface area contributed by atoms with Crippen LogP contribution in [0.5, 0.6) is 0 Å². The zero-order valence-electron chi connectivity index (χ0n) is 10.8. The number of aliphatic hydroxyl groups is 1. The van der Waals surface area contributed by atoms with Gasteiger partial charge in [0.05, 0.1) is 60.0 Å². The second kappa shape index (κ2) is 14.3. The molecule has 0 saturated carbocycles. The Hall–Kier alpha value is -0.730. The van der Waals surface area contributed by atoms with E-state index in [1.165, 1.54) is 7.11 Å². The summed E-state index contributed by atoms with van der Waals surface area (Å²) in [6.45, 7) is 2.91. The van der Waals surface area contributed by atoms with Crippen LogP contribution in [0.15, 0.2) is 0 Å². The van der Waals surface area contributed by atoms with Crippen LogP contribution in [-0.2, 0) is 28.5 Å². The van der Waals surface area contributed by atoms with Gasteiger partial charge in [-0.15, -0.1) is 0 Å². The van der Waals surface area contributed by atoms with Gasteiger partial charge in [0.15, 0.2) is 0 Å². The molecule has 0 aliphatic rings. The van der Waals surface area contributed by atoms with Gasteiger partial charge < -0.3 is 28.8 Å². The van der Waals surface area contributed by atoms with Crippen LogP contribution in [0.2, 0.25) is 0 Å². The van der Waals surface area contributed by atoms with Crippen molar-refractivity contribution in [2.45, 2.75) is 0 Å². The van der Waals surface area contributed by atoms with Crippen molar-refractivity contribution in [2.24, 2.45) is 0 Å². The van der Waals surface area contributed by atoms with E-state index in [2.05, 4.69) is 4.74 Å². The van der Waals surface area contributed by atoms with Crippen molar-refractivity contribution >= 4 is 5.97 Å². The molecule has 0 bridgehead atoms. The Morgan fingerprint density at radius 3 is 1.72 bits per heavy atom. The highest BCUT2D eigenvalue weighted by molar-refractivity contribution is 5.70. The van der Waals surface area contributed by atoms with Gasteiger partial charge in [-0.3, -0.25) is 0 Å². The molecule has 0 fully saturated rings. The van der Waals surface area contributed by atoms with Gasteiger partial charge in [-0.25, -0.2) is 4.79 Å². The van der Waals surface area contributed by atoms with E-state index in [4.69, 9.17) is 24.1 Å². The van der Waals surface area contributed by atoms with Gasteiger partial charge in [0, 0.05) is 0 Å². The minimum absolute atomic E-state index is 0.0225. The molecule has 0 aromatic carbocycles. The highest BCUT2D eigenvalue weighted by Gasteiger charge is 1.98. The minimum Gasteiger partial charge on any atom is -0.467 e. The van der Waals surface area contributed by atoms with E-state index in [0.717, 1.165) is 0 Å². The molecule has 1 N–H and O–H groups in total. The van der Waals surface area contributed by atoms with Crippen molar-refractivity contribution in [1.82, 2.24) is 0 Å². The van der Waals surface area contributed by atoms with E-state index in [9.17, 15) is 4.79 Å². The smallest absolute Gasteiger partial charge is 0.331 e. The summed E-state index contributed by atoms with van der Waals surface area (Å²) in [5, 5.41) is 8.43. The van der Waals surface area contributed by atoms with Crippen molar-refractivity contribution in [3.05, 3.63) is 0 Å². The molecule has 7 heteroatoms. The fraction of sp³-hybridized carbons (Fsp3) is 0.909. The molecule has 0 heterocycles. The van der Waals surface area contributed by atoms with Crippen molar-refractivity contribution in [3.63, 3.8) is 0 Å². The molecule has 0 spiro atoms. The SMILES string of the molecule is COC(=O)COCCOCCOCCOCCO. The zero-order valence-corrected chi connectivity index (χ0v) is 10.8. The van der Waals surface area contributed by atoms with Crippen molar-refractivity contribution in [2.75, 3.05) is 66.6 Å². The average molecular weight is 266 g/mol. The maximum Gasteiger partial charge on any atom is 0.331 e. The summed E-state index contributed by atoms with van der Waals surface area (Å²) in [6, 6.07) is 0. The van der Waals surface area contributed by atoms with E-state index < -0.39 is 5.97 Å². The van der Waals surface area contributed by atoms with Crippen LogP contribution in [0.4, 0.5) is 0 Å². The summed E-state index contributed by atoms with van der Waals surface area (Å²) in [4.78, 5) is 10.7. The largest absolute Gasteiger partial charge is 0.467 e. The molecule has 108 valence electrons. The summed E-state index contributed by atoms with van der Waals surface area (Å²) < 4.78 is 24.8. The van der Waals surface area contributed by atoms with Gasteiger partial charge in [0.2, 0.25) is 0 Å². The number of carbonyl (C=O) groups is 1. The Bertz CT molecular complexity index is 186. The van der Waals surface area contributed by atoms with Crippen LogP contribution in [-0.4, -0.2) is 77.6 Å². The number of aliphatic hydroxyl groups excluding tert-OH is 1. The second-order valence-corrected chi connectivity index (χ2v) is 3.19. The predicted molar refractivity (Wildman–Crippen MR) is 62.4 cm³/mol. The minimum atomic E-state index is -0.402. The van der Waals surface area contributed by atoms with Gasteiger partial charge in [0.1, 0.15) is 6.61 Å². The number of hydrogen-bond acceptors (Lipinski definition) is 7. The normalized spacial score (nSPS) is 10.6. The molecule has 0 amide bonds. The molecule has 0 unspecified atom stereocenters. The first-order chi connectivity index (χ1) is 8.81. The van der Waals surface area contributed by atoms with Crippen molar-refractivity contribution in [1.29, 1.82) is 0 Å². The summed E-state index contributed by atoms with van der Waals surface area (Å²) >= 11 is 0. The zero-order chi connectivity index (χ0) is 13.5. The number of methoxy groups -OCH3 is 1. The lowest BCUT2D eigenvalue weighted by Gasteiger charge is -2.06. The van der Waals surface area contributed by atoms with E-state index in [0.29, 0.717) is 46.2 Å². The highest BCUT2D eigenvalue weighted by atomic mass is 16.6. The van der Waals surface area contributed by atoms with Gasteiger partial charge in [-0.1, -0.05) is 0 Å². The predicted octanol–water partition coefficient (Wildman–Crippen LogP) is -0.782. The lowest BCUT2D eigenvalue weighted by molar-refractivity contribution is -0.146. The standard InChI is InChI=1S/C11H22O7/c1-14-11(13)10-18-9-8-17-7-6-16-5-4-15-3-2-12/h12H,2-10H2,1H3. The molecule has 0 aliphatic heterocycles. The Morgan fingerprint density at radius 2 is 1.28 bits per heavy atom. The topological polar surface area (TPSA) is 83.5 Å². The number of carbonyl (C=O) groups excluding carboxylic acids is 1. The number of ether oxygens (including phenoxy) is 5. The van der Waals surface area contributed by atoms with E-state index >= 15 is 0 Å². The fourth-order valence-electron chi connectivity index (χ4n) is 0.939. The van der Waals surface area contributed by atoms with Crippen LogP contribution in [0, 0.1) is 0 Å². The Kier molecular flexibility index (Phi) is 13.8. The summed E-state index contributed by atoms with van der Waals surface area (Å²) in [7, 11) is 1.31. The monoisotopic (exact) mass is 266 g/mol. The van der Waals surface area contributed by atoms with E-state index in [1.807, 2.05) is 0 Å². The summed E-state index contributed by atoms with van der Waals surface area (Å²) in [6.07, 6.45) is 0. The Labute approximate surface area is 107 Å². The van der Waals surface area contributed by atoms with Gasteiger partial charge in [-0.05, 0) is 0 Å². The quantitative estimate of drug-likeness (QED) is 0.346. The van der Waals surface area contributed by atoms with Gasteiger partial charge in [0.25, 0.3) is 0 Å². The summed E-state index contributed by atoms with van der Waals surface area (Å²) in [5.74, 6) is -0.402. The third-order valence-corrected chi connectivity index (χ3v) is 1.80. The molecule has 0 atom stereocenters. The third-order valence-electron chi connectivity index (χ3n) is 1.80. The van der Waals surface area contributed by atoms with Gasteiger partial charge >= 0.3 is 5.97 Å². The second-order valence-electron chi connectivity index (χ2n) is 3.19. The van der Waals surface area contributed by atoms with Crippen LogP contribution < -0.4 is 0 Å². The highest BCUT2D eigenvalue weighted by Crippen LogP contribution is 1.83. The Morgan fingerprint density at radius 1 is 0.833 bits per heavy atom. The van der Waals surface area contributed by atoms with Crippen molar-refractivity contribution < 1.29 is 33.6 Å². The molecular weight excluding hydrogens is 244 g/mol. The fourth-order valence-corrected chi connectivity index (χ4v) is 0.939. The average Bonchev–Trinajstić information content (AvgIpc) is 2.39. The molecule has 0 aromatic heterocycles. The molecule has 7 nitrogen and oxygen atoms in total. The molecule has 0 rings (SSSR count). The van der Waals surface area contributed by atoms with E-state index in [1.54, 1.807) is 0 Å². The molecule has 18 heavy (non-hydrogen) atoms.